The second-order valence-corrected chi connectivity index (χ2v) is 5.13. The molecule has 2 aromatic rings. The Hall–Kier alpha value is -2.76. The van der Waals surface area contributed by atoms with Crippen LogP contribution in [0.25, 0.3) is 0 Å². The number of nitrogens with one attached hydrogen (secondary N) is 1. The number of benzene rings is 1. The van der Waals surface area contributed by atoms with Gasteiger partial charge in [-0.05, 0) is 24.3 Å². The lowest BCUT2D eigenvalue weighted by molar-refractivity contribution is 0.0950. The van der Waals surface area contributed by atoms with E-state index in [2.05, 4.69) is 10.3 Å². The molecule has 6 heteroatoms. The molecule has 0 aliphatic carbocycles. The number of anilines is 1. The van der Waals surface area contributed by atoms with Crippen molar-refractivity contribution in [1.82, 2.24) is 10.3 Å². The number of hydrogen-bond acceptors (Lipinski definition) is 5. The first-order valence-electron chi connectivity index (χ1n) is 7.18. The molecule has 0 saturated carbocycles. The molecule has 0 spiro atoms. The summed E-state index contributed by atoms with van der Waals surface area (Å²) in [5.41, 5.74) is 1.46. The van der Waals surface area contributed by atoms with Crippen molar-refractivity contribution in [3.8, 4) is 11.5 Å². The van der Waals surface area contributed by atoms with Crippen molar-refractivity contribution >= 4 is 11.7 Å². The molecule has 2 rings (SSSR count). The van der Waals surface area contributed by atoms with Crippen molar-refractivity contribution in [3.63, 3.8) is 0 Å². The molecule has 0 radical (unpaired) electrons. The number of carbonyl (C=O) groups is 1. The molecule has 0 unspecified atom stereocenters. The maximum Gasteiger partial charge on any atom is 0.251 e. The fraction of sp³-hybridized carbons (Fsp3) is 0.294. The van der Waals surface area contributed by atoms with Crippen molar-refractivity contribution in [3.05, 3.63) is 47.7 Å². The Morgan fingerprint density at radius 1 is 1.17 bits per heavy atom. The van der Waals surface area contributed by atoms with E-state index in [-0.39, 0.29) is 5.91 Å². The zero-order valence-electron chi connectivity index (χ0n) is 13.8. The van der Waals surface area contributed by atoms with E-state index in [1.165, 1.54) is 0 Å². The minimum Gasteiger partial charge on any atom is -0.493 e. The van der Waals surface area contributed by atoms with Gasteiger partial charge >= 0.3 is 0 Å². The number of hydrogen-bond donors (Lipinski definition) is 1. The van der Waals surface area contributed by atoms with Crippen LogP contribution in [0.5, 0.6) is 11.5 Å². The van der Waals surface area contributed by atoms with Gasteiger partial charge < -0.3 is 19.7 Å². The average molecular weight is 315 g/mol. The highest BCUT2D eigenvalue weighted by molar-refractivity contribution is 5.94. The van der Waals surface area contributed by atoms with Crippen LogP contribution in [0, 0.1) is 0 Å². The maximum atomic E-state index is 12.3. The van der Waals surface area contributed by atoms with E-state index < -0.39 is 0 Å². The van der Waals surface area contributed by atoms with E-state index in [4.69, 9.17) is 9.47 Å². The molecule has 23 heavy (non-hydrogen) atoms. The summed E-state index contributed by atoms with van der Waals surface area (Å²) in [7, 11) is 6.94. The number of aromatic nitrogens is 1. The molecular weight excluding hydrogens is 294 g/mol. The van der Waals surface area contributed by atoms with Gasteiger partial charge in [0.2, 0.25) is 0 Å². The van der Waals surface area contributed by atoms with Gasteiger partial charge in [-0.25, -0.2) is 4.98 Å². The Labute approximate surface area is 136 Å². The molecule has 0 saturated heterocycles. The molecule has 1 aromatic heterocycles. The summed E-state index contributed by atoms with van der Waals surface area (Å²) in [6.45, 7) is 0.397. The average Bonchev–Trinajstić information content (AvgIpc) is 2.59. The van der Waals surface area contributed by atoms with Gasteiger partial charge in [-0.1, -0.05) is 6.07 Å². The van der Waals surface area contributed by atoms with E-state index >= 15 is 0 Å². The van der Waals surface area contributed by atoms with Crippen LogP contribution in [0.1, 0.15) is 15.9 Å². The minimum absolute atomic E-state index is 0.181. The first-order chi connectivity index (χ1) is 11.1. The predicted molar refractivity (Wildman–Crippen MR) is 89.3 cm³/mol. The standard InChI is InChI=1S/C17H21N3O3/c1-20(2)16-13(6-5-9-18-16)11-19-17(21)12-7-8-14(22-3)15(10-12)23-4/h5-10H,11H2,1-4H3,(H,19,21). The molecule has 1 heterocycles. The van der Waals surface area contributed by atoms with E-state index in [1.807, 2.05) is 31.1 Å². The predicted octanol–water partition coefficient (Wildman–Crippen LogP) is 2.09. The van der Waals surface area contributed by atoms with Gasteiger partial charge in [-0.15, -0.1) is 0 Å². The third kappa shape index (κ3) is 3.91. The number of ether oxygens (including phenoxy) is 2. The molecule has 0 aliphatic heterocycles. The summed E-state index contributed by atoms with van der Waals surface area (Å²) >= 11 is 0. The zero-order valence-corrected chi connectivity index (χ0v) is 13.8. The fourth-order valence-corrected chi connectivity index (χ4v) is 2.23. The Bertz CT molecular complexity index is 687. The molecule has 1 amide bonds. The van der Waals surface area contributed by atoms with Crippen molar-refractivity contribution in [2.45, 2.75) is 6.54 Å². The van der Waals surface area contributed by atoms with Gasteiger partial charge in [0.05, 0.1) is 14.2 Å². The topological polar surface area (TPSA) is 63.7 Å². The largest absolute Gasteiger partial charge is 0.493 e. The summed E-state index contributed by atoms with van der Waals surface area (Å²) in [6.07, 6.45) is 1.73. The van der Waals surface area contributed by atoms with Gasteiger partial charge in [-0.2, -0.15) is 0 Å². The van der Waals surface area contributed by atoms with Crippen LogP contribution in [0.3, 0.4) is 0 Å². The van der Waals surface area contributed by atoms with Crippen LogP contribution in [0.15, 0.2) is 36.5 Å². The molecular formula is C17H21N3O3. The molecule has 0 aliphatic rings. The fourth-order valence-electron chi connectivity index (χ4n) is 2.23. The molecule has 6 nitrogen and oxygen atoms in total. The third-order valence-corrected chi connectivity index (χ3v) is 3.38. The lowest BCUT2D eigenvalue weighted by Gasteiger charge is -2.16. The quantitative estimate of drug-likeness (QED) is 0.884. The van der Waals surface area contributed by atoms with Gasteiger partial charge in [0.25, 0.3) is 5.91 Å². The number of carbonyl (C=O) groups excluding carboxylic acids is 1. The van der Waals surface area contributed by atoms with Gasteiger partial charge in [0.1, 0.15) is 5.82 Å². The zero-order chi connectivity index (χ0) is 16.8. The van der Waals surface area contributed by atoms with Gasteiger partial charge in [-0.3, -0.25) is 4.79 Å². The maximum absolute atomic E-state index is 12.3. The third-order valence-electron chi connectivity index (χ3n) is 3.38. The van der Waals surface area contributed by atoms with Crippen LogP contribution in [0.2, 0.25) is 0 Å². The summed E-state index contributed by atoms with van der Waals surface area (Å²) in [5.74, 6) is 1.77. The SMILES string of the molecule is COc1ccc(C(=O)NCc2cccnc2N(C)C)cc1OC. The Balaban J connectivity index is 2.11. The summed E-state index contributed by atoms with van der Waals surface area (Å²) in [4.78, 5) is 18.6. The van der Waals surface area contributed by atoms with Crippen molar-refractivity contribution in [2.75, 3.05) is 33.2 Å². The van der Waals surface area contributed by atoms with Crippen molar-refractivity contribution in [1.29, 1.82) is 0 Å². The minimum atomic E-state index is -0.181. The summed E-state index contributed by atoms with van der Waals surface area (Å²) in [5, 5.41) is 2.90. The van der Waals surface area contributed by atoms with Crippen LogP contribution < -0.4 is 19.7 Å². The van der Waals surface area contributed by atoms with Crippen LogP contribution in [-0.2, 0) is 6.54 Å². The highest BCUT2D eigenvalue weighted by Gasteiger charge is 2.12. The molecule has 1 N–H and O–H groups in total. The number of pyridine rings is 1. The van der Waals surface area contributed by atoms with Crippen molar-refractivity contribution < 1.29 is 14.3 Å². The summed E-state index contributed by atoms with van der Waals surface area (Å²) in [6, 6.07) is 8.86. The van der Waals surface area contributed by atoms with Crippen LogP contribution in [0.4, 0.5) is 5.82 Å². The summed E-state index contributed by atoms with van der Waals surface area (Å²) < 4.78 is 10.4. The normalized spacial score (nSPS) is 10.1. The van der Waals surface area contributed by atoms with Crippen LogP contribution >= 0.6 is 0 Å². The van der Waals surface area contributed by atoms with E-state index in [1.54, 1.807) is 38.6 Å². The molecule has 0 fully saturated rings. The highest BCUT2D eigenvalue weighted by atomic mass is 16.5. The van der Waals surface area contributed by atoms with E-state index in [9.17, 15) is 4.79 Å². The molecule has 0 atom stereocenters. The Morgan fingerprint density at radius 2 is 1.91 bits per heavy atom. The lowest BCUT2D eigenvalue weighted by atomic mass is 10.1. The van der Waals surface area contributed by atoms with Crippen molar-refractivity contribution in [2.24, 2.45) is 0 Å². The number of rotatable bonds is 6. The first-order valence-corrected chi connectivity index (χ1v) is 7.18. The second-order valence-electron chi connectivity index (χ2n) is 5.13. The monoisotopic (exact) mass is 315 g/mol. The number of methoxy groups -OCH3 is 2. The Kier molecular flexibility index (Phi) is 5.41. The molecule has 1 aromatic carbocycles. The first kappa shape index (κ1) is 16.6. The van der Waals surface area contributed by atoms with E-state index in [0.29, 0.717) is 23.6 Å². The van der Waals surface area contributed by atoms with Gasteiger partial charge in [0, 0.05) is 38.0 Å². The van der Waals surface area contributed by atoms with E-state index in [0.717, 1.165) is 11.4 Å². The Morgan fingerprint density at radius 3 is 2.57 bits per heavy atom. The molecule has 122 valence electrons. The number of nitrogens with zero attached hydrogens (tertiary/aromatic N) is 2. The van der Waals surface area contributed by atoms with Gasteiger partial charge in [0.15, 0.2) is 11.5 Å². The number of amides is 1. The highest BCUT2D eigenvalue weighted by Crippen LogP contribution is 2.27. The lowest BCUT2D eigenvalue weighted by Crippen LogP contribution is -2.24. The van der Waals surface area contributed by atoms with Crippen LogP contribution in [-0.4, -0.2) is 39.2 Å². The smallest absolute Gasteiger partial charge is 0.251 e. The second kappa shape index (κ2) is 7.49. The molecule has 0 bridgehead atoms.